The van der Waals surface area contributed by atoms with Gasteiger partial charge < -0.3 is 45.1 Å². The quantitative estimate of drug-likeness (QED) is 0.180. The van der Waals surface area contributed by atoms with E-state index in [-0.39, 0.29) is 65.7 Å². The Morgan fingerprint density at radius 3 is 2.52 bits per heavy atom. The van der Waals surface area contributed by atoms with Crippen LogP contribution in [0.5, 0.6) is 0 Å². The van der Waals surface area contributed by atoms with Crippen LogP contribution < -0.4 is 10.6 Å². The molecule has 60 heavy (non-hydrogen) atoms. The summed E-state index contributed by atoms with van der Waals surface area (Å²) in [6.45, 7) is 4.38. The number of alkyl halides is 1. The van der Waals surface area contributed by atoms with Crippen molar-refractivity contribution in [1.82, 2.24) is 15.5 Å². The molecule has 5 N–H and O–H groups in total. The lowest BCUT2D eigenvalue weighted by atomic mass is 9.46. The Bertz CT molecular complexity index is 2000. The number of aliphatic hydroxyl groups excluding tert-OH is 2. The lowest BCUT2D eigenvalue weighted by Crippen LogP contribution is -2.63. The van der Waals surface area contributed by atoms with E-state index in [0.29, 0.717) is 45.4 Å². The minimum absolute atomic E-state index is 0.00143. The Kier molecular flexibility index (Phi) is 11.5. The number of rotatable bonds is 13. The second kappa shape index (κ2) is 16.2. The molecular weight excluding hydrogens is 842 g/mol. The number of amides is 3. The number of fused-ring (bicyclic) bond motifs is 7. The van der Waals surface area contributed by atoms with Crippen LogP contribution in [0.15, 0.2) is 48.1 Å². The topological polar surface area (TPSA) is 218 Å². The van der Waals surface area contributed by atoms with Gasteiger partial charge in [0.1, 0.15) is 12.6 Å². The Morgan fingerprint density at radius 1 is 1.07 bits per heavy atom. The predicted molar refractivity (Wildman–Crippen MR) is 216 cm³/mol. The summed E-state index contributed by atoms with van der Waals surface area (Å²) in [6.07, 6.45) is 6.29. The zero-order chi connectivity index (χ0) is 42.8. The van der Waals surface area contributed by atoms with E-state index in [2.05, 4.69) is 33.5 Å². The number of likely N-dealkylation sites (tertiary alicyclic amines) is 1. The van der Waals surface area contributed by atoms with Gasteiger partial charge in [-0.25, -0.2) is 0 Å². The number of aliphatic hydroxyl groups is 2. The number of hydrogen-bond donors (Lipinski definition) is 5. The molecule has 3 aliphatic heterocycles. The second-order valence-corrected chi connectivity index (χ2v) is 19.1. The van der Waals surface area contributed by atoms with Crippen molar-refractivity contribution >= 4 is 51.2 Å². The van der Waals surface area contributed by atoms with Crippen molar-refractivity contribution in [1.29, 1.82) is 0 Å². The molecule has 15 nitrogen and oxygen atoms in total. The highest BCUT2D eigenvalue weighted by Gasteiger charge is 2.76. The maximum Gasteiger partial charge on any atom is 0.303 e. The Labute approximate surface area is 356 Å². The Hall–Kier alpha value is -3.80. The maximum atomic E-state index is 13.9. The van der Waals surface area contributed by atoms with Crippen LogP contribution in [0.3, 0.4) is 0 Å². The summed E-state index contributed by atoms with van der Waals surface area (Å²) in [5.74, 6) is -2.96. The maximum absolute atomic E-state index is 13.9. The summed E-state index contributed by atoms with van der Waals surface area (Å²) in [7, 11) is 0. The van der Waals surface area contributed by atoms with Gasteiger partial charge in [0.05, 0.1) is 36.8 Å². The monoisotopic (exact) mass is 895 g/mol. The zero-order valence-corrected chi connectivity index (χ0v) is 35.5. The first kappa shape index (κ1) is 42.9. The van der Waals surface area contributed by atoms with E-state index in [1.807, 2.05) is 37.3 Å². The van der Waals surface area contributed by atoms with Gasteiger partial charge >= 0.3 is 5.97 Å². The number of ketones is 2. The van der Waals surface area contributed by atoms with E-state index in [9.17, 15) is 44.1 Å². The molecule has 7 aliphatic rings. The van der Waals surface area contributed by atoms with Gasteiger partial charge in [0.15, 0.2) is 23.5 Å². The lowest BCUT2D eigenvalue weighted by molar-refractivity contribution is -0.201. The molecule has 1 spiro atoms. The number of carbonyl (C=O) groups is 6. The summed E-state index contributed by atoms with van der Waals surface area (Å²) >= 11 is 3.01. The molecule has 1 aromatic carbocycles. The molecule has 3 amide bonds. The number of carbonyl (C=O) groups excluding carboxylic acids is 5. The van der Waals surface area contributed by atoms with Crippen LogP contribution >= 0.6 is 15.9 Å². The van der Waals surface area contributed by atoms with Crippen LogP contribution in [0.4, 0.5) is 0 Å². The number of nitrogens with one attached hydrogen (secondary N) is 2. The molecule has 0 bridgehead atoms. The fourth-order valence-electron chi connectivity index (χ4n) is 12.3. The van der Waals surface area contributed by atoms with Gasteiger partial charge in [-0.15, -0.1) is 0 Å². The summed E-state index contributed by atoms with van der Waals surface area (Å²) in [5, 5.41) is 36.5. The van der Waals surface area contributed by atoms with Gasteiger partial charge in [-0.2, -0.15) is 0 Å². The molecule has 6 fully saturated rings. The van der Waals surface area contributed by atoms with Crippen molar-refractivity contribution in [3.8, 4) is 0 Å². The third-order valence-electron chi connectivity index (χ3n) is 15.0. The van der Waals surface area contributed by atoms with Gasteiger partial charge in [-0.1, -0.05) is 65.7 Å². The third-order valence-corrected chi connectivity index (χ3v) is 15.5. The van der Waals surface area contributed by atoms with Crippen LogP contribution in [-0.2, 0) is 49.4 Å². The van der Waals surface area contributed by atoms with Crippen LogP contribution in [-0.4, -0.2) is 124 Å². The molecule has 0 aromatic heterocycles. The van der Waals surface area contributed by atoms with Crippen molar-refractivity contribution in [3.05, 3.63) is 59.2 Å². The molecule has 324 valence electrons. The summed E-state index contributed by atoms with van der Waals surface area (Å²) in [4.78, 5) is 76.5. The van der Waals surface area contributed by atoms with Crippen molar-refractivity contribution in [2.75, 3.05) is 38.2 Å². The van der Waals surface area contributed by atoms with Crippen molar-refractivity contribution in [2.45, 2.75) is 101 Å². The molecule has 3 saturated heterocycles. The lowest BCUT2D eigenvalue weighted by Gasteiger charge is -2.59. The highest BCUT2D eigenvalue weighted by molar-refractivity contribution is 9.09. The predicted octanol–water partition coefficient (Wildman–Crippen LogP) is 2.31. The fourth-order valence-corrected chi connectivity index (χ4v) is 12.5. The molecule has 3 heterocycles. The van der Waals surface area contributed by atoms with Gasteiger partial charge in [0.2, 0.25) is 17.7 Å². The molecule has 1 aromatic rings. The van der Waals surface area contributed by atoms with E-state index in [1.165, 1.54) is 0 Å². The van der Waals surface area contributed by atoms with E-state index in [4.69, 9.17) is 14.2 Å². The van der Waals surface area contributed by atoms with Gasteiger partial charge in [0.25, 0.3) is 0 Å². The first-order valence-electron chi connectivity index (χ1n) is 21.0. The van der Waals surface area contributed by atoms with E-state index < -0.39 is 71.1 Å². The average molecular weight is 897 g/mol. The number of benzene rings is 1. The Morgan fingerprint density at radius 2 is 1.82 bits per heavy atom. The molecule has 11 atom stereocenters. The minimum atomic E-state index is -1.44. The molecule has 16 heteroatoms. The van der Waals surface area contributed by atoms with Crippen LogP contribution in [0.2, 0.25) is 0 Å². The number of halogens is 1. The summed E-state index contributed by atoms with van der Waals surface area (Å²) in [6, 6.07) is 6.76. The molecule has 0 radical (unpaired) electrons. The molecule has 8 rings (SSSR count). The first-order valence-corrected chi connectivity index (χ1v) is 22.1. The summed E-state index contributed by atoms with van der Waals surface area (Å²) < 4.78 is 19.6. The van der Waals surface area contributed by atoms with E-state index >= 15 is 0 Å². The van der Waals surface area contributed by atoms with Gasteiger partial charge in [-0.3, -0.25) is 28.8 Å². The van der Waals surface area contributed by atoms with Crippen molar-refractivity contribution < 1.29 is 58.3 Å². The number of carboxylic acid groups (broad SMARTS) is 1. The largest absolute Gasteiger partial charge is 0.481 e. The van der Waals surface area contributed by atoms with Gasteiger partial charge in [-0.05, 0) is 74.5 Å². The van der Waals surface area contributed by atoms with E-state index in [0.717, 1.165) is 29.5 Å². The standard InChI is InChI=1S/C44H54BrN3O12/c1-41-12-11-27(50)14-26(41)7-8-29-30-15-34-44(33(52)20-49,42(30,2)17-32(51)38(29)41)60-40(59-34)25-5-3-24(4-6-25)13-28-16-43(23-58-28)21-48(22-43)39(57)31(9-10-37(55)56)47-36(54)19-46-35(53)18-45/h3-6,11-12,14,28-32,34,38,40,49,51H,7-10,13,15-23H2,1-2H3,(H,46,53)(H,47,54)(H,55,56)/t28?,29-,30-,31-,32-,34+,38+,40+,41-,42-,44+/m0/s1. The molecule has 4 aliphatic carbocycles. The SMILES string of the molecule is C[C@]12C=CC(=O)C=C1CC[C@@H]1[C@@H]2[C@@H](O)C[C@@]2(C)[C@H]1C[C@H]1O[C@@H](c3ccc(CC4CC5(CO4)CN(C(=O)[C@H](CCC(=O)O)NC(=O)CNC(=O)CBr)C5)cc3)O[C@]12C(=O)CO. The highest BCUT2D eigenvalue weighted by Crippen LogP contribution is 2.70. The smallest absolute Gasteiger partial charge is 0.303 e. The van der Waals surface area contributed by atoms with E-state index in [1.54, 1.807) is 17.1 Å². The Balaban J connectivity index is 0.887. The molecule has 1 unspecified atom stereocenters. The summed E-state index contributed by atoms with van der Waals surface area (Å²) in [5.41, 5.74) is -0.138. The number of Topliss-reactive ketones (excluding diaryl/α,β-unsaturated/α-hetero) is 1. The number of aliphatic carboxylic acids is 1. The second-order valence-electron chi connectivity index (χ2n) is 18.6. The third kappa shape index (κ3) is 7.28. The number of allylic oxidation sites excluding steroid dienone is 4. The normalized spacial score (nSPS) is 36.3. The van der Waals surface area contributed by atoms with Crippen LogP contribution in [0, 0.1) is 34.0 Å². The fraction of sp³-hybridized carbons (Fsp3) is 0.636. The highest BCUT2D eigenvalue weighted by atomic mass is 79.9. The van der Waals surface area contributed by atoms with Crippen LogP contribution in [0.25, 0.3) is 0 Å². The number of hydrogen-bond acceptors (Lipinski definition) is 11. The van der Waals surface area contributed by atoms with Crippen LogP contribution in [0.1, 0.15) is 76.2 Å². The van der Waals surface area contributed by atoms with Crippen molar-refractivity contribution in [3.63, 3.8) is 0 Å². The molecular formula is C44H54BrN3O12. The minimum Gasteiger partial charge on any atom is -0.481 e. The number of nitrogens with zero attached hydrogens (tertiary/aromatic N) is 1. The average Bonchev–Trinajstić information content (AvgIpc) is 3.88. The number of ether oxygens (including phenoxy) is 3. The van der Waals surface area contributed by atoms with Crippen molar-refractivity contribution in [2.24, 2.45) is 34.0 Å². The van der Waals surface area contributed by atoms with Gasteiger partial charge in [0, 0.05) is 47.2 Å². The first-order chi connectivity index (χ1) is 28.5. The zero-order valence-electron chi connectivity index (χ0n) is 33.9. The number of carboxylic acids is 1. The molecule has 3 saturated carbocycles.